The maximum absolute atomic E-state index is 12.9. The van der Waals surface area contributed by atoms with E-state index in [0.29, 0.717) is 0 Å². The van der Waals surface area contributed by atoms with Gasteiger partial charge in [0.05, 0.1) is 0 Å². The number of thiazole rings is 1. The van der Waals surface area contributed by atoms with E-state index in [1.165, 1.54) is 30.4 Å². The molecule has 0 saturated carbocycles. The van der Waals surface area contributed by atoms with Crippen LogP contribution in [0.25, 0.3) is 10.6 Å². The first-order valence-corrected chi connectivity index (χ1v) is 9.56. The lowest BCUT2D eigenvalue weighted by atomic mass is 10.2. The number of esters is 1. The summed E-state index contributed by atoms with van der Waals surface area (Å²) in [6.07, 6.45) is -0.964. The minimum absolute atomic E-state index is 0.175. The third kappa shape index (κ3) is 4.53. The molecule has 1 aromatic carbocycles. The summed E-state index contributed by atoms with van der Waals surface area (Å²) in [6.45, 7) is 1.71. The summed E-state index contributed by atoms with van der Waals surface area (Å²) in [5, 5.41) is 8.86. The van der Waals surface area contributed by atoms with E-state index in [4.69, 9.17) is 4.74 Å². The second-order valence-corrected chi connectivity index (χ2v) is 7.08. The molecule has 0 aliphatic carbocycles. The van der Waals surface area contributed by atoms with Gasteiger partial charge in [-0.05, 0) is 36.1 Å². The first-order valence-electron chi connectivity index (χ1n) is 7.74. The first kappa shape index (κ1) is 18.2. The molecule has 0 aliphatic rings. The molecule has 1 atom stereocenters. The van der Waals surface area contributed by atoms with Crippen molar-refractivity contribution in [2.45, 2.75) is 19.6 Å². The Kier molecular flexibility index (Phi) is 5.75. The summed E-state index contributed by atoms with van der Waals surface area (Å²) in [5.74, 6) is -1.42. The maximum Gasteiger partial charge on any atom is 0.358 e. The van der Waals surface area contributed by atoms with E-state index in [1.54, 1.807) is 28.8 Å². The Balaban J connectivity index is 1.53. The molecular formula is C18H15FN2O3S2. The van der Waals surface area contributed by atoms with Crippen LogP contribution >= 0.6 is 22.7 Å². The number of nitrogens with zero attached hydrogens (tertiary/aromatic N) is 1. The molecule has 0 saturated heterocycles. The van der Waals surface area contributed by atoms with E-state index in [9.17, 15) is 14.0 Å². The highest BCUT2D eigenvalue weighted by atomic mass is 32.1. The number of ether oxygens (including phenoxy) is 1. The summed E-state index contributed by atoms with van der Waals surface area (Å²) in [4.78, 5) is 28.5. The predicted octanol–water partition coefficient (Wildman–Crippen LogP) is 3.87. The largest absolute Gasteiger partial charge is 0.448 e. The Bertz CT molecular complexity index is 892. The van der Waals surface area contributed by atoms with E-state index < -0.39 is 18.0 Å². The van der Waals surface area contributed by atoms with Crippen molar-refractivity contribution >= 4 is 34.6 Å². The number of carbonyl (C=O) groups excluding carboxylic acids is 2. The van der Waals surface area contributed by atoms with E-state index in [0.717, 1.165) is 16.1 Å². The Morgan fingerprint density at radius 1 is 1.23 bits per heavy atom. The Labute approximate surface area is 157 Å². The molecule has 8 heteroatoms. The van der Waals surface area contributed by atoms with Crippen molar-refractivity contribution in [2.24, 2.45) is 0 Å². The van der Waals surface area contributed by atoms with Gasteiger partial charge < -0.3 is 10.1 Å². The van der Waals surface area contributed by atoms with Crippen LogP contribution in [0.2, 0.25) is 0 Å². The average molecular weight is 390 g/mol. The van der Waals surface area contributed by atoms with Gasteiger partial charge in [-0.3, -0.25) is 4.79 Å². The number of benzene rings is 1. The highest BCUT2D eigenvalue weighted by molar-refractivity contribution is 7.14. The standard InChI is InChI=1S/C18H15FN2O3S2/c1-11(16(22)20-8-12-2-4-14(19)5-3-12)24-18(23)15-10-26-17(21-15)13-6-7-25-9-13/h2-7,9-11H,8H2,1H3,(H,20,22). The molecule has 1 N–H and O–H groups in total. The SMILES string of the molecule is CC(OC(=O)c1csc(-c2ccsc2)n1)C(=O)NCc1ccc(F)cc1. The van der Waals surface area contributed by atoms with Crippen molar-refractivity contribution in [3.63, 3.8) is 0 Å². The van der Waals surface area contributed by atoms with Gasteiger partial charge in [-0.25, -0.2) is 14.2 Å². The third-order valence-corrected chi connectivity index (χ3v) is 5.09. The normalized spacial score (nSPS) is 11.8. The molecule has 1 unspecified atom stereocenters. The van der Waals surface area contributed by atoms with Crippen LogP contribution in [0, 0.1) is 5.82 Å². The van der Waals surface area contributed by atoms with Crippen molar-refractivity contribution in [1.29, 1.82) is 0 Å². The third-order valence-electron chi connectivity index (χ3n) is 3.51. The molecule has 3 rings (SSSR count). The lowest BCUT2D eigenvalue weighted by Gasteiger charge is -2.12. The molecule has 0 radical (unpaired) electrons. The summed E-state index contributed by atoms with van der Waals surface area (Å²) in [7, 11) is 0. The Hall–Kier alpha value is -2.58. The quantitative estimate of drug-likeness (QED) is 0.649. The molecule has 0 bridgehead atoms. The van der Waals surface area contributed by atoms with Gasteiger partial charge in [-0.15, -0.1) is 11.3 Å². The first-order chi connectivity index (χ1) is 12.5. The number of halogens is 1. The van der Waals surface area contributed by atoms with Crippen LogP contribution in [-0.2, 0) is 16.1 Å². The fraction of sp³-hybridized carbons (Fsp3) is 0.167. The maximum atomic E-state index is 12.9. The molecule has 0 aliphatic heterocycles. The van der Waals surface area contributed by atoms with Crippen LogP contribution in [0.5, 0.6) is 0 Å². The molecule has 134 valence electrons. The number of hydrogen-bond acceptors (Lipinski definition) is 6. The van der Waals surface area contributed by atoms with Crippen molar-refractivity contribution in [2.75, 3.05) is 0 Å². The van der Waals surface area contributed by atoms with E-state index in [-0.39, 0.29) is 18.1 Å². The highest BCUT2D eigenvalue weighted by Gasteiger charge is 2.21. The van der Waals surface area contributed by atoms with Crippen LogP contribution < -0.4 is 5.32 Å². The zero-order valence-corrected chi connectivity index (χ0v) is 15.4. The number of amides is 1. The average Bonchev–Trinajstić information content (AvgIpc) is 3.32. The minimum Gasteiger partial charge on any atom is -0.448 e. The molecule has 1 amide bonds. The molecule has 2 aromatic heterocycles. The van der Waals surface area contributed by atoms with Crippen molar-refractivity contribution < 1.29 is 18.7 Å². The van der Waals surface area contributed by atoms with Crippen LogP contribution in [0.1, 0.15) is 23.0 Å². The van der Waals surface area contributed by atoms with Gasteiger partial charge in [0.1, 0.15) is 10.8 Å². The topological polar surface area (TPSA) is 68.3 Å². The van der Waals surface area contributed by atoms with Crippen LogP contribution in [0.15, 0.2) is 46.5 Å². The molecule has 26 heavy (non-hydrogen) atoms. The van der Waals surface area contributed by atoms with Gasteiger partial charge in [-0.1, -0.05) is 12.1 Å². The van der Waals surface area contributed by atoms with Crippen LogP contribution in [0.4, 0.5) is 4.39 Å². The molecular weight excluding hydrogens is 375 g/mol. The van der Waals surface area contributed by atoms with Crippen molar-refractivity contribution in [3.05, 3.63) is 63.5 Å². The van der Waals surface area contributed by atoms with E-state index in [2.05, 4.69) is 10.3 Å². The molecule has 2 heterocycles. The van der Waals surface area contributed by atoms with Gasteiger partial charge in [0.25, 0.3) is 5.91 Å². The van der Waals surface area contributed by atoms with Gasteiger partial charge in [0.2, 0.25) is 0 Å². The van der Waals surface area contributed by atoms with Gasteiger partial charge >= 0.3 is 5.97 Å². The minimum atomic E-state index is -0.964. The number of thiophene rings is 1. The van der Waals surface area contributed by atoms with E-state index >= 15 is 0 Å². The number of nitrogens with one attached hydrogen (secondary N) is 1. The molecule has 5 nitrogen and oxygen atoms in total. The fourth-order valence-electron chi connectivity index (χ4n) is 2.10. The monoisotopic (exact) mass is 390 g/mol. The molecule has 3 aromatic rings. The van der Waals surface area contributed by atoms with Crippen LogP contribution in [-0.4, -0.2) is 23.0 Å². The summed E-state index contributed by atoms with van der Waals surface area (Å²) < 4.78 is 18.0. The lowest BCUT2D eigenvalue weighted by molar-refractivity contribution is -0.129. The smallest absolute Gasteiger partial charge is 0.358 e. The van der Waals surface area contributed by atoms with E-state index in [1.807, 2.05) is 16.8 Å². The summed E-state index contributed by atoms with van der Waals surface area (Å²) >= 11 is 2.89. The Morgan fingerprint density at radius 2 is 2.00 bits per heavy atom. The zero-order chi connectivity index (χ0) is 18.5. The Morgan fingerprint density at radius 3 is 2.69 bits per heavy atom. The predicted molar refractivity (Wildman–Crippen MR) is 98.6 cm³/mol. The summed E-state index contributed by atoms with van der Waals surface area (Å²) in [6, 6.07) is 7.71. The summed E-state index contributed by atoms with van der Waals surface area (Å²) in [5.41, 5.74) is 1.87. The molecule has 0 spiro atoms. The van der Waals surface area contributed by atoms with Gasteiger partial charge in [0, 0.05) is 22.9 Å². The zero-order valence-electron chi connectivity index (χ0n) is 13.8. The van der Waals surface area contributed by atoms with Crippen LogP contribution in [0.3, 0.4) is 0 Å². The van der Waals surface area contributed by atoms with Gasteiger partial charge in [-0.2, -0.15) is 11.3 Å². The number of carbonyl (C=O) groups is 2. The number of aromatic nitrogens is 1. The lowest BCUT2D eigenvalue weighted by Crippen LogP contribution is -2.35. The number of hydrogen-bond donors (Lipinski definition) is 1. The molecule has 0 fully saturated rings. The highest BCUT2D eigenvalue weighted by Crippen LogP contribution is 2.26. The second kappa shape index (κ2) is 8.20. The van der Waals surface area contributed by atoms with Crippen molar-refractivity contribution in [3.8, 4) is 10.6 Å². The van der Waals surface area contributed by atoms with Gasteiger partial charge in [0.15, 0.2) is 11.8 Å². The second-order valence-electron chi connectivity index (χ2n) is 5.44. The fourth-order valence-corrected chi connectivity index (χ4v) is 3.60. The number of rotatable bonds is 6. The van der Waals surface area contributed by atoms with Crippen molar-refractivity contribution in [1.82, 2.24) is 10.3 Å².